The molecule has 1 unspecified atom stereocenters. The van der Waals surface area contributed by atoms with Gasteiger partial charge in [-0.2, -0.15) is 10.5 Å². The zero-order valence-electron chi connectivity index (χ0n) is 7.56. The second-order valence-corrected chi connectivity index (χ2v) is 5.65. The molecule has 1 atom stereocenters. The smallest absolute Gasteiger partial charge is 0.269 e. The number of hydrogen-bond acceptors (Lipinski definition) is 2. The van der Waals surface area contributed by atoms with Crippen molar-refractivity contribution in [1.82, 2.24) is 0 Å². The van der Waals surface area contributed by atoms with Gasteiger partial charge >= 0.3 is 8.74 Å². The van der Waals surface area contributed by atoms with Crippen LogP contribution in [-0.2, 0) is 0 Å². The Morgan fingerprint density at radius 2 is 1.92 bits per heavy atom. The van der Waals surface area contributed by atoms with E-state index in [0.717, 1.165) is 6.55 Å². The summed E-state index contributed by atoms with van der Waals surface area (Å²) in [6.45, 7) is 0.894. The van der Waals surface area contributed by atoms with Gasteiger partial charge in [-0.1, -0.05) is 6.42 Å². The minimum atomic E-state index is -4.29. The van der Waals surface area contributed by atoms with Crippen LogP contribution in [0.3, 0.4) is 0 Å². The molecule has 2 nitrogen and oxygen atoms in total. The fourth-order valence-corrected chi connectivity index (χ4v) is 1.92. The van der Waals surface area contributed by atoms with Crippen LogP contribution in [0.1, 0.15) is 25.7 Å². The maximum absolute atomic E-state index is 12.7. The van der Waals surface area contributed by atoms with Crippen LogP contribution in [0.15, 0.2) is 0 Å². The van der Waals surface area contributed by atoms with E-state index in [1.54, 1.807) is 6.07 Å². The van der Waals surface area contributed by atoms with Gasteiger partial charge in [0.1, 0.15) is 0 Å². The van der Waals surface area contributed by atoms with Crippen LogP contribution in [0, 0.1) is 22.7 Å². The predicted octanol–water partition coefficient (Wildman–Crippen LogP) is 2.98. The maximum Gasteiger partial charge on any atom is 0.438 e. The molecule has 72 valence electrons. The minimum Gasteiger partial charge on any atom is -0.269 e. The van der Waals surface area contributed by atoms with E-state index < -0.39 is 14.3 Å². The summed E-state index contributed by atoms with van der Waals surface area (Å²) in [5.41, 5.74) is -1.08. The summed E-state index contributed by atoms with van der Waals surface area (Å²) in [5.74, 6) is 0. The van der Waals surface area contributed by atoms with E-state index in [0.29, 0.717) is 19.3 Å². The monoisotopic (exact) mass is 202 g/mol. The van der Waals surface area contributed by atoms with E-state index >= 15 is 0 Å². The molecule has 0 spiro atoms. The Morgan fingerprint density at radius 1 is 1.31 bits per heavy atom. The van der Waals surface area contributed by atoms with Crippen molar-refractivity contribution < 1.29 is 8.22 Å². The molecule has 0 aromatic rings. The van der Waals surface area contributed by atoms with Gasteiger partial charge in [0, 0.05) is 6.42 Å². The molecule has 0 aromatic carbocycles. The fourth-order valence-electron chi connectivity index (χ4n) is 0.984. The van der Waals surface area contributed by atoms with Crippen LogP contribution in [0.4, 0.5) is 8.22 Å². The van der Waals surface area contributed by atoms with Gasteiger partial charge in [0.25, 0.3) is 0 Å². The van der Waals surface area contributed by atoms with Gasteiger partial charge in [-0.15, -0.1) is 0 Å². The van der Waals surface area contributed by atoms with E-state index in [1.807, 2.05) is 6.07 Å². The van der Waals surface area contributed by atoms with Gasteiger partial charge in [-0.25, -0.2) is 0 Å². The molecule has 13 heavy (non-hydrogen) atoms. The second kappa shape index (κ2) is 5.66. The Morgan fingerprint density at radius 3 is 2.31 bits per heavy atom. The highest BCUT2D eigenvalue weighted by Crippen LogP contribution is 2.28. The molecule has 0 saturated carbocycles. The normalized spacial score (nSPS) is 13.0. The van der Waals surface area contributed by atoms with Gasteiger partial charge in [-0.05, 0) is 19.4 Å². The number of nitrogens with zero attached hydrogens (tertiary/aromatic N) is 2. The van der Waals surface area contributed by atoms with Gasteiger partial charge in [-0.3, -0.25) is 8.22 Å². The number of hydrogen-bond donors (Lipinski definition) is 0. The number of halogens is 2. The van der Waals surface area contributed by atoms with Crippen LogP contribution < -0.4 is 0 Å². The van der Waals surface area contributed by atoms with Gasteiger partial charge < -0.3 is 0 Å². The van der Waals surface area contributed by atoms with Crippen LogP contribution in [0.25, 0.3) is 0 Å². The third-order valence-electron chi connectivity index (χ3n) is 1.80. The summed E-state index contributed by atoms with van der Waals surface area (Å²) >= 11 is 0. The first-order valence-corrected chi connectivity index (χ1v) is 6.50. The highest BCUT2D eigenvalue weighted by Gasteiger charge is 2.39. The summed E-state index contributed by atoms with van der Waals surface area (Å²) in [7, 11) is -4.29. The zero-order valence-corrected chi connectivity index (χ0v) is 8.56. The lowest BCUT2D eigenvalue weighted by Gasteiger charge is -2.12. The first kappa shape index (κ1) is 12.1. The summed E-state index contributed by atoms with van der Waals surface area (Å²) in [5, 5.41) is 16.7. The van der Waals surface area contributed by atoms with Crippen LogP contribution in [0.2, 0.25) is 12.1 Å². The maximum atomic E-state index is 12.7. The quantitative estimate of drug-likeness (QED) is 0.391. The molecule has 0 saturated heterocycles. The molecular weight excluding hydrogens is 190 g/mol. The summed E-state index contributed by atoms with van der Waals surface area (Å²) < 4.78 is 25.5. The molecule has 0 fully saturated rings. The largest absolute Gasteiger partial charge is 0.438 e. The van der Waals surface area contributed by atoms with E-state index in [-0.39, 0.29) is 6.42 Å². The summed E-state index contributed by atoms with van der Waals surface area (Å²) in [6.07, 6.45) is 1.77. The van der Waals surface area contributed by atoms with Crippen molar-refractivity contribution in [3.05, 3.63) is 0 Å². The zero-order chi connectivity index (χ0) is 10.3. The van der Waals surface area contributed by atoms with Crippen molar-refractivity contribution in [3.63, 3.8) is 0 Å². The number of nitriles is 2. The van der Waals surface area contributed by atoms with Crippen molar-refractivity contribution in [2.75, 3.05) is 0 Å². The van der Waals surface area contributed by atoms with Crippen LogP contribution in [-0.4, -0.2) is 8.74 Å². The molecule has 0 aliphatic carbocycles. The molecule has 0 aromatic heterocycles. The van der Waals surface area contributed by atoms with Crippen LogP contribution >= 0.6 is 0 Å². The molecule has 0 radical (unpaired) electrons. The van der Waals surface area contributed by atoms with Gasteiger partial charge in [0.15, 0.2) is 0 Å². The number of unbranched alkanes of at least 4 members (excludes halogenated alkanes) is 2. The molecule has 0 amide bonds. The molecule has 0 aliphatic rings. The van der Waals surface area contributed by atoms with Crippen molar-refractivity contribution in [2.24, 2.45) is 0 Å². The Balaban J connectivity index is 3.77. The molecule has 0 rings (SSSR count). The second-order valence-electron chi connectivity index (χ2n) is 3.04. The molecular formula is C8H12F2N2Si. The highest BCUT2D eigenvalue weighted by molar-refractivity contribution is 6.67. The van der Waals surface area contributed by atoms with E-state index in [4.69, 9.17) is 10.5 Å². The Hall–Kier alpha value is -0.943. The van der Waals surface area contributed by atoms with E-state index in [9.17, 15) is 8.22 Å². The first-order chi connectivity index (χ1) is 6.02. The average molecular weight is 202 g/mol. The third-order valence-corrected chi connectivity index (χ3v) is 3.44. The average Bonchev–Trinajstić information content (AvgIpc) is 2.02. The van der Waals surface area contributed by atoms with Crippen molar-refractivity contribution in [1.29, 1.82) is 10.5 Å². The molecule has 5 heteroatoms. The molecule has 0 N–H and O–H groups in total. The van der Waals surface area contributed by atoms with Crippen molar-refractivity contribution in [2.45, 2.75) is 37.8 Å². The lowest BCUT2D eigenvalue weighted by molar-refractivity contribution is 0.558. The van der Waals surface area contributed by atoms with Gasteiger partial charge in [0.2, 0.25) is 0 Å². The summed E-state index contributed by atoms with van der Waals surface area (Å²) in [6, 6.07) is 3.59. The number of rotatable bonds is 5. The lowest BCUT2D eigenvalue weighted by atomic mass is 10.1. The lowest BCUT2D eigenvalue weighted by Crippen LogP contribution is -2.24. The Bertz CT molecular complexity index is 224. The highest BCUT2D eigenvalue weighted by atomic mass is 28.4. The van der Waals surface area contributed by atoms with E-state index in [1.165, 1.54) is 0 Å². The van der Waals surface area contributed by atoms with Crippen LogP contribution in [0.5, 0.6) is 0 Å². The Labute approximate surface area is 78.1 Å². The fraction of sp³-hybridized carbons (Fsp3) is 0.750. The summed E-state index contributed by atoms with van der Waals surface area (Å²) in [4.78, 5) is 0. The SMILES string of the molecule is C[Si](F)(F)C(C#N)CCCCC#N. The topological polar surface area (TPSA) is 47.6 Å². The molecule has 0 heterocycles. The first-order valence-electron chi connectivity index (χ1n) is 4.16. The van der Waals surface area contributed by atoms with Crippen molar-refractivity contribution in [3.8, 4) is 12.1 Å². The van der Waals surface area contributed by atoms with Gasteiger partial charge in [0.05, 0.1) is 17.7 Å². The van der Waals surface area contributed by atoms with E-state index in [2.05, 4.69) is 0 Å². The molecule has 0 aliphatic heterocycles. The standard InChI is InChI=1S/C8H12F2N2Si/c1-13(9,10)8(7-12)5-3-2-4-6-11/h8H,2-5H2,1H3. The third kappa shape index (κ3) is 5.32. The Kier molecular flexibility index (Phi) is 5.25. The molecule has 0 bridgehead atoms. The minimum absolute atomic E-state index is 0.230. The van der Waals surface area contributed by atoms with Crippen molar-refractivity contribution >= 4 is 8.74 Å². The predicted molar refractivity (Wildman–Crippen MR) is 47.3 cm³/mol.